The highest BCUT2D eigenvalue weighted by Crippen LogP contribution is 2.24. The molecule has 0 aromatic heterocycles. The molecule has 2 unspecified atom stereocenters. The highest BCUT2D eigenvalue weighted by Gasteiger charge is 2.24. The molecule has 1 saturated heterocycles. The van der Waals surface area contributed by atoms with Crippen molar-refractivity contribution in [2.24, 2.45) is 5.92 Å². The van der Waals surface area contributed by atoms with Gasteiger partial charge >= 0.3 is 0 Å². The van der Waals surface area contributed by atoms with E-state index in [0.717, 1.165) is 12.5 Å². The third kappa shape index (κ3) is 3.83. The Morgan fingerprint density at radius 2 is 2.10 bits per heavy atom. The molecule has 1 heterocycles. The van der Waals surface area contributed by atoms with Gasteiger partial charge in [-0.1, -0.05) is 31.5 Å². The van der Waals surface area contributed by atoms with Crippen LogP contribution in [-0.2, 0) is 0 Å². The summed E-state index contributed by atoms with van der Waals surface area (Å²) < 4.78 is 0. The van der Waals surface area contributed by atoms with E-state index in [2.05, 4.69) is 56.2 Å². The molecule has 2 heteroatoms. The maximum absolute atomic E-state index is 3.50. The number of aryl methyl sites for hydroxylation is 2. The third-order valence-corrected chi connectivity index (χ3v) is 4.79. The van der Waals surface area contributed by atoms with E-state index >= 15 is 0 Å². The Morgan fingerprint density at radius 3 is 2.75 bits per heavy atom. The number of nitrogens with one attached hydrogen (secondary N) is 1. The van der Waals surface area contributed by atoms with Crippen LogP contribution in [0, 0.1) is 19.8 Å². The Labute approximate surface area is 124 Å². The summed E-state index contributed by atoms with van der Waals surface area (Å²) in [5.41, 5.74) is 4.20. The van der Waals surface area contributed by atoms with Crippen molar-refractivity contribution in [3.63, 3.8) is 0 Å². The van der Waals surface area contributed by atoms with Crippen molar-refractivity contribution in [1.82, 2.24) is 10.2 Å². The molecule has 1 aliphatic heterocycles. The second-order valence-electron chi connectivity index (χ2n) is 6.39. The minimum absolute atomic E-state index is 0.453. The summed E-state index contributed by atoms with van der Waals surface area (Å²) in [5, 5.41) is 3.50. The maximum atomic E-state index is 3.50. The van der Waals surface area contributed by atoms with Crippen LogP contribution >= 0.6 is 0 Å². The minimum atomic E-state index is 0.453. The van der Waals surface area contributed by atoms with Crippen molar-refractivity contribution in [2.45, 2.75) is 46.1 Å². The van der Waals surface area contributed by atoms with Gasteiger partial charge in [-0.15, -0.1) is 0 Å². The first-order valence-corrected chi connectivity index (χ1v) is 8.10. The molecule has 20 heavy (non-hydrogen) atoms. The standard InChI is InChI=1S/C18H30N2/c1-5-6-16-9-10-20(12-16)13-18(19-4)17-8-7-14(2)15(3)11-17/h7-8,11,16,18-19H,5-6,9-10,12-13H2,1-4H3. The third-order valence-electron chi connectivity index (χ3n) is 4.79. The highest BCUT2D eigenvalue weighted by molar-refractivity contribution is 5.31. The SMILES string of the molecule is CCCC1CCN(CC(NC)c2ccc(C)c(C)c2)C1. The molecule has 2 rings (SSSR count). The fourth-order valence-electron chi connectivity index (χ4n) is 3.33. The summed E-state index contributed by atoms with van der Waals surface area (Å²) in [6.45, 7) is 10.4. The van der Waals surface area contributed by atoms with Gasteiger partial charge < -0.3 is 10.2 Å². The molecule has 0 radical (unpaired) electrons. The molecule has 2 nitrogen and oxygen atoms in total. The van der Waals surface area contributed by atoms with Crippen LogP contribution in [0.3, 0.4) is 0 Å². The van der Waals surface area contributed by atoms with Crippen molar-refractivity contribution in [3.05, 3.63) is 34.9 Å². The van der Waals surface area contributed by atoms with E-state index in [4.69, 9.17) is 0 Å². The number of hydrogen-bond donors (Lipinski definition) is 1. The highest BCUT2D eigenvalue weighted by atomic mass is 15.2. The fraction of sp³-hybridized carbons (Fsp3) is 0.667. The summed E-state index contributed by atoms with van der Waals surface area (Å²) in [5.74, 6) is 0.928. The predicted molar refractivity (Wildman–Crippen MR) is 87.2 cm³/mol. The Balaban J connectivity index is 1.97. The van der Waals surface area contributed by atoms with Gasteiger partial charge in [0.2, 0.25) is 0 Å². The van der Waals surface area contributed by atoms with Crippen LogP contribution in [-0.4, -0.2) is 31.6 Å². The molecule has 0 saturated carbocycles. The normalized spacial score (nSPS) is 21.3. The first-order valence-electron chi connectivity index (χ1n) is 8.10. The van der Waals surface area contributed by atoms with Gasteiger partial charge in [-0.05, 0) is 62.9 Å². The molecule has 112 valence electrons. The molecule has 0 amide bonds. The van der Waals surface area contributed by atoms with Gasteiger partial charge in [0.25, 0.3) is 0 Å². The zero-order valence-electron chi connectivity index (χ0n) is 13.6. The van der Waals surface area contributed by atoms with E-state index in [0.29, 0.717) is 6.04 Å². The molecule has 0 aliphatic carbocycles. The predicted octanol–water partition coefficient (Wildman–Crippen LogP) is 3.69. The Hall–Kier alpha value is -0.860. The lowest BCUT2D eigenvalue weighted by Gasteiger charge is -2.24. The van der Waals surface area contributed by atoms with Crippen LogP contribution in [0.4, 0.5) is 0 Å². The van der Waals surface area contributed by atoms with Gasteiger partial charge in [0.05, 0.1) is 0 Å². The molecular weight excluding hydrogens is 244 g/mol. The summed E-state index contributed by atoms with van der Waals surface area (Å²) >= 11 is 0. The Morgan fingerprint density at radius 1 is 1.30 bits per heavy atom. The number of likely N-dealkylation sites (N-methyl/N-ethyl adjacent to an activating group) is 1. The molecule has 1 aromatic carbocycles. The minimum Gasteiger partial charge on any atom is -0.312 e. The average Bonchev–Trinajstić information content (AvgIpc) is 2.87. The van der Waals surface area contributed by atoms with E-state index in [9.17, 15) is 0 Å². The lowest BCUT2D eigenvalue weighted by Crippen LogP contribution is -2.32. The smallest absolute Gasteiger partial charge is 0.0446 e. The van der Waals surface area contributed by atoms with Gasteiger partial charge in [0, 0.05) is 19.1 Å². The van der Waals surface area contributed by atoms with Crippen molar-refractivity contribution < 1.29 is 0 Å². The van der Waals surface area contributed by atoms with Crippen molar-refractivity contribution in [3.8, 4) is 0 Å². The summed E-state index contributed by atoms with van der Waals surface area (Å²) in [4.78, 5) is 2.64. The van der Waals surface area contributed by atoms with Crippen LogP contribution in [0.15, 0.2) is 18.2 Å². The molecule has 2 atom stereocenters. The molecule has 0 bridgehead atoms. The van der Waals surface area contributed by atoms with Crippen molar-refractivity contribution >= 4 is 0 Å². The number of rotatable bonds is 6. The molecular formula is C18H30N2. The van der Waals surface area contributed by atoms with E-state index in [1.165, 1.54) is 49.0 Å². The van der Waals surface area contributed by atoms with E-state index in [1.807, 2.05) is 0 Å². The lowest BCUT2D eigenvalue weighted by molar-refractivity contribution is 0.286. The van der Waals surface area contributed by atoms with Gasteiger partial charge in [-0.25, -0.2) is 0 Å². The van der Waals surface area contributed by atoms with Crippen LogP contribution in [0.2, 0.25) is 0 Å². The molecule has 1 N–H and O–H groups in total. The van der Waals surface area contributed by atoms with E-state index in [1.54, 1.807) is 0 Å². The monoisotopic (exact) mass is 274 g/mol. The maximum Gasteiger partial charge on any atom is 0.0446 e. The average molecular weight is 274 g/mol. The quantitative estimate of drug-likeness (QED) is 0.851. The number of benzene rings is 1. The van der Waals surface area contributed by atoms with Crippen molar-refractivity contribution in [2.75, 3.05) is 26.7 Å². The molecule has 1 fully saturated rings. The molecule has 0 spiro atoms. The first kappa shape index (κ1) is 15.5. The number of nitrogens with zero attached hydrogens (tertiary/aromatic N) is 1. The lowest BCUT2D eigenvalue weighted by atomic mass is 10.0. The van der Waals surface area contributed by atoms with Gasteiger partial charge in [-0.2, -0.15) is 0 Å². The van der Waals surface area contributed by atoms with Crippen LogP contribution < -0.4 is 5.32 Å². The van der Waals surface area contributed by atoms with Gasteiger partial charge in [0.1, 0.15) is 0 Å². The number of likely N-dealkylation sites (tertiary alicyclic amines) is 1. The van der Waals surface area contributed by atoms with Crippen molar-refractivity contribution in [1.29, 1.82) is 0 Å². The summed E-state index contributed by atoms with van der Waals surface area (Å²) in [6.07, 6.45) is 4.10. The zero-order valence-corrected chi connectivity index (χ0v) is 13.6. The van der Waals surface area contributed by atoms with Gasteiger partial charge in [0.15, 0.2) is 0 Å². The second-order valence-corrected chi connectivity index (χ2v) is 6.39. The first-order chi connectivity index (χ1) is 9.63. The summed E-state index contributed by atoms with van der Waals surface area (Å²) in [6, 6.07) is 7.33. The summed E-state index contributed by atoms with van der Waals surface area (Å²) in [7, 11) is 2.08. The second kappa shape index (κ2) is 7.24. The van der Waals surface area contributed by atoms with Crippen LogP contribution in [0.25, 0.3) is 0 Å². The van der Waals surface area contributed by atoms with E-state index < -0.39 is 0 Å². The Bertz CT molecular complexity index is 427. The van der Waals surface area contributed by atoms with E-state index in [-0.39, 0.29) is 0 Å². The largest absolute Gasteiger partial charge is 0.312 e. The van der Waals surface area contributed by atoms with Crippen LogP contribution in [0.5, 0.6) is 0 Å². The zero-order chi connectivity index (χ0) is 14.5. The van der Waals surface area contributed by atoms with Gasteiger partial charge in [-0.3, -0.25) is 0 Å². The topological polar surface area (TPSA) is 15.3 Å². The Kier molecular flexibility index (Phi) is 5.62. The van der Waals surface area contributed by atoms with Crippen LogP contribution in [0.1, 0.15) is 48.9 Å². The molecule has 1 aromatic rings. The fourth-order valence-corrected chi connectivity index (χ4v) is 3.33. The molecule has 1 aliphatic rings. The number of hydrogen-bond acceptors (Lipinski definition) is 2.